The molecule has 1 unspecified atom stereocenters. The number of nitrogen functional groups attached to an aromatic ring is 1. The number of nitrogens with one attached hydrogen (secondary N) is 1. The molecule has 1 saturated heterocycles. The molecule has 0 amide bonds. The first-order valence-corrected chi connectivity index (χ1v) is 7.06. The molecule has 20 heavy (non-hydrogen) atoms. The van der Waals surface area contributed by atoms with Gasteiger partial charge in [0.2, 0.25) is 0 Å². The van der Waals surface area contributed by atoms with Crippen LogP contribution in [0.5, 0.6) is 11.5 Å². The normalized spacial score (nSPS) is 17.9. The number of nitrogens with two attached hydrogens (primary N) is 1. The third kappa shape index (κ3) is 3.87. The third-order valence-corrected chi connectivity index (χ3v) is 3.28. The molecule has 5 nitrogen and oxygen atoms in total. The van der Waals surface area contributed by atoms with E-state index in [1.807, 2.05) is 6.92 Å². The van der Waals surface area contributed by atoms with Gasteiger partial charge in [-0.1, -0.05) is 0 Å². The van der Waals surface area contributed by atoms with Crippen LogP contribution in [0.1, 0.15) is 31.7 Å². The smallest absolute Gasteiger partial charge is 0.161 e. The van der Waals surface area contributed by atoms with Crippen LogP contribution < -0.4 is 15.2 Å². The second-order valence-corrected chi connectivity index (χ2v) is 4.78. The third-order valence-electron chi connectivity index (χ3n) is 3.28. The van der Waals surface area contributed by atoms with Gasteiger partial charge in [-0.25, -0.2) is 0 Å². The first-order valence-electron chi connectivity index (χ1n) is 7.06. The number of ether oxygens (including phenoxy) is 3. The highest BCUT2D eigenvalue weighted by atomic mass is 16.5. The molecule has 2 rings (SSSR count). The van der Waals surface area contributed by atoms with Crippen molar-refractivity contribution >= 4 is 5.84 Å². The van der Waals surface area contributed by atoms with Crippen LogP contribution in [0.25, 0.3) is 0 Å². The summed E-state index contributed by atoms with van der Waals surface area (Å²) in [4.78, 5) is 0. The van der Waals surface area contributed by atoms with E-state index in [-0.39, 0.29) is 5.84 Å². The molecule has 0 saturated carbocycles. The predicted molar refractivity (Wildman–Crippen MR) is 77.7 cm³/mol. The molecule has 110 valence electrons. The van der Waals surface area contributed by atoms with Gasteiger partial charge in [0, 0.05) is 18.6 Å². The van der Waals surface area contributed by atoms with E-state index < -0.39 is 0 Å². The van der Waals surface area contributed by atoms with Crippen molar-refractivity contribution in [3.8, 4) is 11.5 Å². The first-order chi connectivity index (χ1) is 9.70. The molecule has 0 bridgehead atoms. The van der Waals surface area contributed by atoms with Gasteiger partial charge in [0.25, 0.3) is 0 Å². The first kappa shape index (κ1) is 14.7. The molecule has 0 aliphatic carbocycles. The second kappa shape index (κ2) is 7.14. The molecule has 1 atom stereocenters. The minimum Gasteiger partial charge on any atom is -0.490 e. The molecule has 5 heteroatoms. The Morgan fingerprint density at radius 3 is 2.90 bits per heavy atom. The van der Waals surface area contributed by atoms with Crippen LogP contribution in [0.15, 0.2) is 18.2 Å². The van der Waals surface area contributed by atoms with Crippen molar-refractivity contribution in [2.45, 2.75) is 32.3 Å². The average molecular weight is 278 g/mol. The van der Waals surface area contributed by atoms with E-state index in [0.717, 1.165) is 25.9 Å². The number of amidine groups is 1. The Bertz CT molecular complexity index is 456. The lowest BCUT2D eigenvalue weighted by atomic mass is 10.2. The second-order valence-electron chi connectivity index (χ2n) is 4.78. The molecule has 1 aliphatic heterocycles. The lowest BCUT2D eigenvalue weighted by Crippen LogP contribution is -2.13. The SMILES string of the molecule is CCOc1cc(C(=N)N)ccc1OCCC1CCCO1. The van der Waals surface area contributed by atoms with E-state index in [1.165, 1.54) is 0 Å². The lowest BCUT2D eigenvalue weighted by molar-refractivity contribution is 0.0897. The van der Waals surface area contributed by atoms with Crippen molar-refractivity contribution in [1.82, 2.24) is 0 Å². The Labute approximate surface area is 119 Å². The Balaban J connectivity index is 1.96. The van der Waals surface area contributed by atoms with E-state index in [2.05, 4.69) is 0 Å². The zero-order valence-electron chi connectivity index (χ0n) is 11.9. The molecule has 1 aromatic carbocycles. The summed E-state index contributed by atoms with van der Waals surface area (Å²) in [6, 6.07) is 5.32. The minimum absolute atomic E-state index is 0.0249. The van der Waals surface area contributed by atoms with Gasteiger partial charge in [-0.05, 0) is 38.0 Å². The minimum atomic E-state index is 0.0249. The topological polar surface area (TPSA) is 77.6 Å². The largest absolute Gasteiger partial charge is 0.490 e. The monoisotopic (exact) mass is 278 g/mol. The maximum Gasteiger partial charge on any atom is 0.161 e. The highest BCUT2D eigenvalue weighted by Crippen LogP contribution is 2.29. The number of benzene rings is 1. The van der Waals surface area contributed by atoms with Crippen LogP contribution in [-0.4, -0.2) is 31.8 Å². The summed E-state index contributed by atoms with van der Waals surface area (Å²) in [7, 11) is 0. The Hall–Kier alpha value is -1.75. The highest BCUT2D eigenvalue weighted by molar-refractivity contribution is 5.95. The summed E-state index contributed by atoms with van der Waals surface area (Å²) in [6.45, 7) is 3.92. The standard InChI is InChI=1S/C15H22N2O3/c1-2-18-14-10-11(15(16)17)5-6-13(14)20-9-7-12-4-3-8-19-12/h5-6,10,12H,2-4,7-9H2,1H3,(H3,16,17). The molecule has 1 fully saturated rings. The van der Waals surface area contributed by atoms with Gasteiger partial charge in [0.05, 0.1) is 19.3 Å². The van der Waals surface area contributed by atoms with E-state index in [0.29, 0.717) is 36.4 Å². The summed E-state index contributed by atoms with van der Waals surface area (Å²) < 4.78 is 16.9. The number of hydrogen-bond acceptors (Lipinski definition) is 4. The van der Waals surface area contributed by atoms with Crippen molar-refractivity contribution in [2.24, 2.45) is 5.73 Å². The molecule has 0 radical (unpaired) electrons. The van der Waals surface area contributed by atoms with E-state index in [1.54, 1.807) is 18.2 Å². The zero-order valence-corrected chi connectivity index (χ0v) is 11.9. The summed E-state index contributed by atoms with van der Waals surface area (Å²) >= 11 is 0. The number of rotatable bonds is 7. The van der Waals surface area contributed by atoms with Crippen molar-refractivity contribution < 1.29 is 14.2 Å². The maximum absolute atomic E-state index is 7.45. The summed E-state index contributed by atoms with van der Waals surface area (Å²) in [6.07, 6.45) is 3.47. The summed E-state index contributed by atoms with van der Waals surface area (Å²) in [5, 5.41) is 7.45. The zero-order chi connectivity index (χ0) is 14.4. The fraction of sp³-hybridized carbons (Fsp3) is 0.533. The van der Waals surface area contributed by atoms with E-state index in [4.69, 9.17) is 25.4 Å². The van der Waals surface area contributed by atoms with Crippen LogP contribution in [0, 0.1) is 5.41 Å². The molecule has 0 spiro atoms. The van der Waals surface area contributed by atoms with Crippen molar-refractivity contribution in [1.29, 1.82) is 5.41 Å². The molecule has 0 aromatic heterocycles. The molecular formula is C15H22N2O3. The fourth-order valence-electron chi connectivity index (χ4n) is 2.24. The molecule has 1 heterocycles. The van der Waals surface area contributed by atoms with Gasteiger partial charge >= 0.3 is 0 Å². The Morgan fingerprint density at radius 1 is 1.40 bits per heavy atom. The quantitative estimate of drug-likeness (QED) is 0.592. The van der Waals surface area contributed by atoms with Gasteiger partial charge in [-0.3, -0.25) is 5.41 Å². The van der Waals surface area contributed by atoms with Crippen LogP contribution in [0.4, 0.5) is 0 Å². The van der Waals surface area contributed by atoms with Crippen LogP contribution in [0.3, 0.4) is 0 Å². The van der Waals surface area contributed by atoms with Crippen molar-refractivity contribution in [2.75, 3.05) is 19.8 Å². The van der Waals surface area contributed by atoms with Crippen LogP contribution in [-0.2, 0) is 4.74 Å². The van der Waals surface area contributed by atoms with E-state index >= 15 is 0 Å². The lowest BCUT2D eigenvalue weighted by Gasteiger charge is -2.14. The Kier molecular flexibility index (Phi) is 5.24. The van der Waals surface area contributed by atoms with Crippen LogP contribution in [0.2, 0.25) is 0 Å². The number of hydrogen-bond donors (Lipinski definition) is 2. The van der Waals surface area contributed by atoms with E-state index in [9.17, 15) is 0 Å². The van der Waals surface area contributed by atoms with Gasteiger partial charge < -0.3 is 19.9 Å². The van der Waals surface area contributed by atoms with Gasteiger partial charge in [-0.2, -0.15) is 0 Å². The molecule has 1 aliphatic rings. The van der Waals surface area contributed by atoms with Gasteiger partial charge in [0.1, 0.15) is 5.84 Å². The summed E-state index contributed by atoms with van der Waals surface area (Å²) in [5.41, 5.74) is 6.12. The van der Waals surface area contributed by atoms with Crippen molar-refractivity contribution in [3.63, 3.8) is 0 Å². The van der Waals surface area contributed by atoms with Crippen LogP contribution >= 0.6 is 0 Å². The summed E-state index contributed by atoms with van der Waals surface area (Å²) in [5.74, 6) is 1.35. The van der Waals surface area contributed by atoms with Gasteiger partial charge in [-0.15, -0.1) is 0 Å². The highest BCUT2D eigenvalue weighted by Gasteiger charge is 2.16. The fourth-order valence-corrected chi connectivity index (χ4v) is 2.24. The van der Waals surface area contributed by atoms with Crippen molar-refractivity contribution in [3.05, 3.63) is 23.8 Å². The molecule has 1 aromatic rings. The Morgan fingerprint density at radius 2 is 2.25 bits per heavy atom. The predicted octanol–water partition coefficient (Wildman–Crippen LogP) is 2.32. The van der Waals surface area contributed by atoms with Gasteiger partial charge in [0.15, 0.2) is 11.5 Å². The molecular weight excluding hydrogens is 256 g/mol. The average Bonchev–Trinajstić information content (AvgIpc) is 2.93. The molecule has 3 N–H and O–H groups in total. The maximum atomic E-state index is 7.45.